The molecule has 1 aliphatic heterocycles. The van der Waals surface area contributed by atoms with Gasteiger partial charge in [0.2, 0.25) is 0 Å². The lowest BCUT2D eigenvalue weighted by molar-refractivity contribution is 0.395. The number of hydrogen-bond donors (Lipinski definition) is 0. The smallest absolute Gasteiger partial charge is 0.139 e. The van der Waals surface area contributed by atoms with Gasteiger partial charge in [-0.15, -0.1) is 0 Å². The molecule has 0 saturated carbocycles. The summed E-state index contributed by atoms with van der Waals surface area (Å²) in [6, 6.07) is 5.13. The Labute approximate surface area is 127 Å². The monoisotopic (exact) mass is 297 g/mol. The van der Waals surface area contributed by atoms with Crippen molar-refractivity contribution in [2.24, 2.45) is 0 Å². The Morgan fingerprint density at radius 3 is 2.77 bits per heavy atom. The lowest BCUT2D eigenvalue weighted by atomic mass is 10.0. The molecule has 3 heterocycles. The van der Waals surface area contributed by atoms with Crippen molar-refractivity contribution in [3.63, 3.8) is 0 Å². The minimum absolute atomic E-state index is 0.253. The van der Waals surface area contributed by atoms with Crippen LogP contribution in [-0.2, 0) is 0 Å². The number of hydrogen-bond acceptors (Lipinski definition) is 4. The quantitative estimate of drug-likeness (QED) is 0.730. The van der Waals surface area contributed by atoms with Gasteiger partial charge in [0.05, 0.1) is 11.8 Å². The first-order valence-electron chi connectivity index (χ1n) is 7.44. The highest BCUT2D eigenvalue weighted by molar-refractivity contribution is 5.89. The van der Waals surface area contributed by atoms with E-state index in [9.17, 15) is 4.39 Å². The van der Waals surface area contributed by atoms with E-state index in [2.05, 4.69) is 24.4 Å². The lowest BCUT2D eigenvalue weighted by Gasteiger charge is -2.33. The standard InChI is InChI=1S/C16H16FN5/c17-12-1-2-15-14(9-12)16(20-10-19-15)21-6-3-13(4-7-21)22-8-5-18-11-22/h1-2,5,8-11,13H,3-4,6-7H2. The van der Waals surface area contributed by atoms with Crippen LogP contribution >= 0.6 is 0 Å². The zero-order valence-corrected chi connectivity index (χ0v) is 12.1. The fourth-order valence-corrected chi connectivity index (χ4v) is 3.13. The summed E-state index contributed by atoms with van der Waals surface area (Å²) >= 11 is 0. The van der Waals surface area contributed by atoms with Crippen LogP contribution in [0, 0.1) is 5.82 Å². The van der Waals surface area contributed by atoms with Crippen LogP contribution in [0.4, 0.5) is 10.2 Å². The number of fused-ring (bicyclic) bond motifs is 1. The maximum absolute atomic E-state index is 13.5. The lowest BCUT2D eigenvalue weighted by Crippen LogP contribution is -2.35. The number of benzene rings is 1. The minimum Gasteiger partial charge on any atom is -0.356 e. The highest BCUT2D eigenvalue weighted by Crippen LogP contribution is 2.29. The number of piperidine rings is 1. The SMILES string of the molecule is Fc1ccc2ncnc(N3CCC(n4ccnc4)CC3)c2c1. The van der Waals surface area contributed by atoms with Crippen LogP contribution < -0.4 is 4.90 Å². The summed E-state index contributed by atoms with van der Waals surface area (Å²) in [6.45, 7) is 1.79. The average Bonchev–Trinajstić information content (AvgIpc) is 3.09. The number of halogens is 1. The Hall–Kier alpha value is -2.50. The summed E-state index contributed by atoms with van der Waals surface area (Å²) in [5.74, 6) is 0.574. The third-order valence-corrected chi connectivity index (χ3v) is 4.29. The van der Waals surface area contributed by atoms with E-state index in [1.54, 1.807) is 12.4 Å². The molecule has 4 rings (SSSR count). The molecule has 0 atom stereocenters. The van der Waals surface area contributed by atoms with E-state index < -0.39 is 0 Å². The van der Waals surface area contributed by atoms with Gasteiger partial charge in [0.25, 0.3) is 0 Å². The fourth-order valence-electron chi connectivity index (χ4n) is 3.13. The first-order chi connectivity index (χ1) is 10.8. The highest BCUT2D eigenvalue weighted by Gasteiger charge is 2.22. The van der Waals surface area contributed by atoms with E-state index in [1.807, 2.05) is 18.7 Å². The molecule has 0 N–H and O–H groups in total. The summed E-state index contributed by atoms with van der Waals surface area (Å²) in [4.78, 5) is 14.9. The van der Waals surface area contributed by atoms with Crippen LogP contribution in [0.3, 0.4) is 0 Å². The second-order valence-electron chi connectivity index (χ2n) is 5.59. The van der Waals surface area contributed by atoms with Gasteiger partial charge in [-0.2, -0.15) is 0 Å². The molecule has 22 heavy (non-hydrogen) atoms. The topological polar surface area (TPSA) is 46.8 Å². The predicted octanol–water partition coefficient (Wildman–Crippen LogP) is 2.81. The number of nitrogens with zero attached hydrogens (tertiary/aromatic N) is 5. The van der Waals surface area contributed by atoms with Crippen molar-refractivity contribution < 1.29 is 4.39 Å². The number of imidazole rings is 1. The van der Waals surface area contributed by atoms with Crippen LogP contribution in [0.25, 0.3) is 10.9 Å². The average molecular weight is 297 g/mol. The van der Waals surface area contributed by atoms with Gasteiger partial charge < -0.3 is 9.47 Å². The number of rotatable bonds is 2. The van der Waals surface area contributed by atoms with Gasteiger partial charge in [0, 0.05) is 36.9 Å². The van der Waals surface area contributed by atoms with Gasteiger partial charge in [0.15, 0.2) is 0 Å². The van der Waals surface area contributed by atoms with E-state index in [0.29, 0.717) is 6.04 Å². The molecule has 5 nitrogen and oxygen atoms in total. The highest BCUT2D eigenvalue weighted by atomic mass is 19.1. The van der Waals surface area contributed by atoms with Crippen molar-refractivity contribution in [1.82, 2.24) is 19.5 Å². The van der Waals surface area contributed by atoms with Gasteiger partial charge in [-0.1, -0.05) is 0 Å². The van der Waals surface area contributed by atoms with Crippen molar-refractivity contribution in [2.45, 2.75) is 18.9 Å². The molecule has 3 aromatic rings. The van der Waals surface area contributed by atoms with E-state index in [-0.39, 0.29) is 5.82 Å². The van der Waals surface area contributed by atoms with Gasteiger partial charge in [0.1, 0.15) is 18.0 Å². The van der Waals surface area contributed by atoms with Crippen molar-refractivity contribution >= 4 is 16.7 Å². The molecule has 1 saturated heterocycles. The van der Waals surface area contributed by atoms with Crippen LogP contribution in [0.2, 0.25) is 0 Å². The zero-order chi connectivity index (χ0) is 14.9. The molecule has 0 radical (unpaired) electrons. The Balaban J connectivity index is 1.60. The maximum Gasteiger partial charge on any atom is 0.139 e. The van der Waals surface area contributed by atoms with Crippen LogP contribution in [0.5, 0.6) is 0 Å². The molecule has 1 aromatic carbocycles. The van der Waals surface area contributed by atoms with E-state index in [1.165, 1.54) is 12.1 Å². The van der Waals surface area contributed by atoms with E-state index in [4.69, 9.17) is 0 Å². The van der Waals surface area contributed by atoms with Gasteiger partial charge in [-0.3, -0.25) is 0 Å². The Morgan fingerprint density at radius 1 is 1.14 bits per heavy atom. The fraction of sp³-hybridized carbons (Fsp3) is 0.312. The summed E-state index contributed by atoms with van der Waals surface area (Å²) < 4.78 is 15.7. The molecular formula is C16H16FN5. The second-order valence-corrected chi connectivity index (χ2v) is 5.59. The molecule has 0 bridgehead atoms. The molecule has 0 unspecified atom stereocenters. The van der Waals surface area contributed by atoms with Crippen LogP contribution in [0.15, 0.2) is 43.2 Å². The maximum atomic E-state index is 13.5. The first kappa shape index (κ1) is 13.2. The van der Waals surface area contributed by atoms with E-state index in [0.717, 1.165) is 42.7 Å². The largest absolute Gasteiger partial charge is 0.356 e. The molecular weight excluding hydrogens is 281 g/mol. The summed E-state index contributed by atoms with van der Waals surface area (Å²) in [5, 5.41) is 0.781. The zero-order valence-electron chi connectivity index (χ0n) is 12.1. The third kappa shape index (κ3) is 2.30. The van der Waals surface area contributed by atoms with Crippen molar-refractivity contribution in [2.75, 3.05) is 18.0 Å². The van der Waals surface area contributed by atoms with Crippen LogP contribution in [0.1, 0.15) is 18.9 Å². The van der Waals surface area contributed by atoms with Gasteiger partial charge in [-0.05, 0) is 31.0 Å². The summed E-state index contributed by atoms with van der Waals surface area (Å²) in [5.41, 5.74) is 0.781. The Kier molecular flexibility index (Phi) is 3.21. The molecule has 112 valence electrons. The van der Waals surface area contributed by atoms with E-state index >= 15 is 0 Å². The Morgan fingerprint density at radius 2 is 2.00 bits per heavy atom. The molecule has 2 aromatic heterocycles. The number of anilines is 1. The summed E-state index contributed by atoms with van der Waals surface area (Å²) in [7, 11) is 0. The van der Waals surface area contributed by atoms with Crippen LogP contribution in [-0.4, -0.2) is 32.6 Å². The molecule has 1 fully saturated rings. The molecule has 0 amide bonds. The van der Waals surface area contributed by atoms with Gasteiger partial charge >= 0.3 is 0 Å². The molecule has 1 aliphatic rings. The molecule has 0 spiro atoms. The normalized spacial score (nSPS) is 16.3. The van der Waals surface area contributed by atoms with Gasteiger partial charge in [-0.25, -0.2) is 19.3 Å². The Bertz CT molecular complexity index is 778. The molecule has 0 aliphatic carbocycles. The molecule has 6 heteroatoms. The minimum atomic E-state index is -0.253. The summed E-state index contributed by atoms with van der Waals surface area (Å²) in [6.07, 6.45) is 9.30. The first-order valence-corrected chi connectivity index (χ1v) is 7.44. The van der Waals surface area contributed by atoms with Crippen molar-refractivity contribution in [1.29, 1.82) is 0 Å². The van der Waals surface area contributed by atoms with Crippen molar-refractivity contribution in [3.05, 3.63) is 49.1 Å². The second kappa shape index (κ2) is 5.36. The third-order valence-electron chi connectivity index (χ3n) is 4.29. The number of aromatic nitrogens is 4. The van der Waals surface area contributed by atoms with Crippen molar-refractivity contribution in [3.8, 4) is 0 Å². The predicted molar refractivity (Wildman–Crippen MR) is 82.2 cm³/mol.